The number of hydrogen-bond donors (Lipinski definition) is 0. The molecule has 0 amide bonds. The minimum atomic E-state index is 0.411. The second-order valence-corrected chi connectivity index (χ2v) is 9.94. The maximum atomic E-state index is 9.30. The van der Waals surface area contributed by atoms with Crippen molar-refractivity contribution in [1.82, 2.24) is 9.55 Å². The molecular weight excluding hydrogens is 490 g/mol. The van der Waals surface area contributed by atoms with E-state index in [1.165, 1.54) is 10.8 Å². The van der Waals surface area contributed by atoms with Crippen LogP contribution in [0, 0.1) is 11.3 Å². The molecule has 0 atom stereocenters. The summed E-state index contributed by atoms with van der Waals surface area (Å²) in [6.07, 6.45) is 0. The Kier molecular flexibility index (Phi) is 4.85. The molecule has 3 aromatic heterocycles. The van der Waals surface area contributed by atoms with Crippen molar-refractivity contribution in [3.05, 3.63) is 133 Å². The minimum absolute atomic E-state index is 0.411. The topological polar surface area (TPSA) is 54.8 Å². The van der Waals surface area contributed by atoms with Crippen molar-refractivity contribution in [2.75, 3.05) is 0 Å². The summed E-state index contributed by atoms with van der Waals surface area (Å²) in [6, 6.07) is 45.7. The highest BCUT2D eigenvalue weighted by atomic mass is 16.3. The van der Waals surface area contributed by atoms with Crippen LogP contribution in [0.25, 0.3) is 71.8 Å². The standard InChI is InChI=1S/C36H21N3O/c37-22-26-11-7-15-31(38-26)25-10-5-8-23(20-25)24-9-6-12-27(21-24)39-32-16-3-1-13-28(32)29-18-19-34-35(36(29)39)30-14-2-4-17-33(30)40-34/h1-21H. The molecule has 5 aromatic carbocycles. The zero-order chi connectivity index (χ0) is 26.6. The number of aromatic nitrogens is 2. The highest BCUT2D eigenvalue weighted by Crippen LogP contribution is 2.41. The van der Waals surface area contributed by atoms with Crippen molar-refractivity contribution in [1.29, 1.82) is 5.26 Å². The van der Waals surface area contributed by atoms with Crippen molar-refractivity contribution < 1.29 is 4.42 Å². The van der Waals surface area contributed by atoms with Gasteiger partial charge in [0, 0.05) is 27.4 Å². The number of furan rings is 1. The van der Waals surface area contributed by atoms with E-state index in [1.807, 2.05) is 36.4 Å². The molecule has 0 aliphatic rings. The Bertz CT molecular complexity index is 2300. The van der Waals surface area contributed by atoms with E-state index >= 15 is 0 Å². The Labute approximate surface area is 230 Å². The summed E-state index contributed by atoms with van der Waals surface area (Å²) >= 11 is 0. The van der Waals surface area contributed by atoms with E-state index in [2.05, 4.69) is 101 Å². The fourth-order valence-electron chi connectivity index (χ4n) is 5.87. The third-order valence-corrected chi connectivity index (χ3v) is 7.63. The number of benzene rings is 5. The first-order chi connectivity index (χ1) is 19.8. The number of nitrogens with zero attached hydrogens (tertiary/aromatic N) is 3. The molecule has 0 fully saturated rings. The quantitative estimate of drug-likeness (QED) is 0.237. The molecule has 40 heavy (non-hydrogen) atoms. The molecule has 0 spiro atoms. The lowest BCUT2D eigenvalue weighted by Crippen LogP contribution is -1.95. The summed E-state index contributed by atoms with van der Waals surface area (Å²) in [6.45, 7) is 0. The number of hydrogen-bond acceptors (Lipinski definition) is 3. The zero-order valence-corrected chi connectivity index (χ0v) is 21.4. The number of para-hydroxylation sites is 2. The minimum Gasteiger partial charge on any atom is -0.456 e. The van der Waals surface area contributed by atoms with Crippen molar-refractivity contribution >= 4 is 43.7 Å². The molecule has 0 N–H and O–H groups in total. The van der Waals surface area contributed by atoms with Crippen LogP contribution in [-0.2, 0) is 0 Å². The molecule has 8 rings (SSSR count). The van der Waals surface area contributed by atoms with E-state index < -0.39 is 0 Å². The van der Waals surface area contributed by atoms with E-state index in [4.69, 9.17) is 4.42 Å². The van der Waals surface area contributed by atoms with Gasteiger partial charge in [-0.1, -0.05) is 72.8 Å². The lowest BCUT2D eigenvalue weighted by Gasteiger charge is -2.12. The Hall–Kier alpha value is -5.66. The summed E-state index contributed by atoms with van der Waals surface area (Å²) in [7, 11) is 0. The fraction of sp³-hybridized carbons (Fsp3) is 0. The van der Waals surface area contributed by atoms with Gasteiger partial charge in [-0.05, 0) is 65.7 Å². The van der Waals surface area contributed by atoms with Crippen LogP contribution in [0.4, 0.5) is 0 Å². The second-order valence-electron chi connectivity index (χ2n) is 9.94. The molecule has 186 valence electrons. The Morgan fingerprint density at radius 2 is 1.35 bits per heavy atom. The average molecular weight is 512 g/mol. The monoisotopic (exact) mass is 511 g/mol. The largest absolute Gasteiger partial charge is 0.456 e. The molecule has 0 aliphatic carbocycles. The van der Waals surface area contributed by atoms with Crippen molar-refractivity contribution in [3.8, 4) is 34.1 Å². The normalized spacial score (nSPS) is 11.5. The van der Waals surface area contributed by atoms with Gasteiger partial charge in [-0.3, -0.25) is 0 Å². The molecule has 4 heteroatoms. The number of nitriles is 1. The van der Waals surface area contributed by atoms with Crippen LogP contribution < -0.4 is 0 Å². The first kappa shape index (κ1) is 22.3. The maximum Gasteiger partial charge on any atom is 0.141 e. The molecule has 0 saturated heterocycles. The van der Waals surface area contributed by atoms with Crippen LogP contribution in [0.5, 0.6) is 0 Å². The van der Waals surface area contributed by atoms with Gasteiger partial charge in [0.1, 0.15) is 22.9 Å². The van der Waals surface area contributed by atoms with Crippen molar-refractivity contribution in [2.24, 2.45) is 0 Å². The van der Waals surface area contributed by atoms with Gasteiger partial charge in [-0.2, -0.15) is 5.26 Å². The van der Waals surface area contributed by atoms with Crippen molar-refractivity contribution in [3.63, 3.8) is 0 Å². The molecule has 0 radical (unpaired) electrons. The van der Waals surface area contributed by atoms with E-state index in [-0.39, 0.29) is 0 Å². The molecule has 0 aliphatic heterocycles. The van der Waals surface area contributed by atoms with E-state index in [1.54, 1.807) is 6.07 Å². The van der Waals surface area contributed by atoms with E-state index in [0.717, 1.165) is 61.0 Å². The van der Waals surface area contributed by atoms with Crippen LogP contribution in [-0.4, -0.2) is 9.55 Å². The predicted molar refractivity (Wildman–Crippen MR) is 161 cm³/mol. The highest BCUT2D eigenvalue weighted by Gasteiger charge is 2.19. The lowest BCUT2D eigenvalue weighted by atomic mass is 10.0. The molecule has 3 heterocycles. The Morgan fingerprint density at radius 1 is 0.600 bits per heavy atom. The van der Waals surface area contributed by atoms with Gasteiger partial charge < -0.3 is 8.98 Å². The smallest absolute Gasteiger partial charge is 0.141 e. The second kappa shape index (κ2) is 8.69. The molecule has 0 unspecified atom stereocenters. The molecular formula is C36H21N3O. The summed E-state index contributed by atoms with van der Waals surface area (Å²) in [5.41, 5.74) is 9.51. The summed E-state index contributed by atoms with van der Waals surface area (Å²) < 4.78 is 8.63. The molecule has 0 saturated carbocycles. The molecule has 4 nitrogen and oxygen atoms in total. The van der Waals surface area contributed by atoms with Gasteiger partial charge in [0.05, 0.1) is 22.1 Å². The van der Waals surface area contributed by atoms with Crippen LogP contribution in [0.3, 0.4) is 0 Å². The van der Waals surface area contributed by atoms with Crippen LogP contribution >= 0.6 is 0 Å². The third-order valence-electron chi connectivity index (χ3n) is 7.63. The van der Waals surface area contributed by atoms with Crippen molar-refractivity contribution in [2.45, 2.75) is 0 Å². The highest BCUT2D eigenvalue weighted by molar-refractivity contribution is 6.24. The fourth-order valence-corrected chi connectivity index (χ4v) is 5.87. The lowest BCUT2D eigenvalue weighted by molar-refractivity contribution is 0.669. The summed E-state index contributed by atoms with van der Waals surface area (Å²) in [5.74, 6) is 0. The van der Waals surface area contributed by atoms with Gasteiger partial charge in [-0.15, -0.1) is 0 Å². The SMILES string of the molecule is N#Cc1cccc(-c2cccc(-c3cccc(-n4c5ccccc5c5ccc6oc7ccccc7c6c54)c3)c2)n1. The van der Waals surface area contributed by atoms with Crippen LogP contribution in [0.15, 0.2) is 132 Å². The van der Waals surface area contributed by atoms with Gasteiger partial charge in [0.15, 0.2) is 0 Å². The Morgan fingerprint density at radius 3 is 2.25 bits per heavy atom. The third kappa shape index (κ3) is 3.35. The summed E-state index contributed by atoms with van der Waals surface area (Å²) in [5, 5.41) is 14.0. The first-order valence-corrected chi connectivity index (χ1v) is 13.2. The number of rotatable bonds is 3. The predicted octanol–water partition coefficient (Wildman–Crippen LogP) is 9.28. The van der Waals surface area contributed by atoms with E-state index in [9.17, 15) is 5.26 Å². The van der Waals surface area contributed by atoms with E-state index in [0.29, 0.717) is 5.69 Å². The molecule has 8 aromatic rings. The van der Waals surface area contributed by atoms with Gasteiger partial charge in [-0.25, -0.2) is 4.98 Å². The molecule has 0 bridgehead atoms. The summed E-state index contributed by atoms with van der Waals surface area (Å²) in [4.78, 5) is 4.50. The number of pyridine rings is 1. The average Bonchev–Trinajstić information content (AvgIpc) is 3.57. The first-order valence-electron chi connectivity index (χ1n) is 13.2. The number of fused-ring (bicyclic) bond motifs is 7. The van der Waals surface area contributed by atoms with Crippen LogP contribution in [0.1, 0.15) is 5.69 Å². The van der Waals surface area contributed by atoms with Gasteiger partial charge in [0.2, 0.25) is 0 Å². The van der Waals surface area contributed by atoms with Crippen LogP contribution in [0.2, 0.25) is 0 Å². The maximum absolute atomic E-state index is 9.30. The van der Waals surface area contributed by atoms with Gasteiger partial charge >= 0.3 is 0 Å². The zero-order valence-electron chi connectivity index (χ0n) is 21.4. The van der Waals surface area contributed by atoms with Gasteiger partial charge in [0.25, 0.3) is 0 Å². The Balaban J connectivity index is 1.37.